The van der Waals surface area contributed by atoms with Crippen molar-refractivity contribution in [3.05, 3.63) is 59.5 Å². The zero-order valence-electron chi connectivity index (χ0n) is 8.93. The summed E-state index contributed by atoms with van der Waals surface area (Å²) >= 11 is 0. The molecule has 4 heteroatoms. The van der Waals surface area contributed by atoms with Crippen LogP contribution < -0.4 is 4.74 Å². The van der Waals surface area contributed by atoms with Crippen LogP contribution in [0.2, 0.25) is 0 Å². The minimum Gasteiger partial charge on any atom is -0.473 e. The van der Waals surface area contributed by atoms with E-state index in [-0.39, 0.29) is 0 Å². The number of halogens is 1. The van der Waals surface area contributed by atoms with E-state index >= 15 is 0 Å². The summed E-state index contributed by atoms with van der Waals surface area (Å²) in [6, 6.07) is 11.9. The number of rotatable bonds is 3. The van der Waals surface area contributed by atoms with Gasteiger partial charge in [0.25, 0.3) is 0 Å². The molecular weight excluding hydrogens is 219 g/mol. The fraction of sp³-hybridized carbons (Fsp3) is 0.0769. The van der Waals surface area contributed by atoms with Crippen molar-refractivity contribution in [2.24, 2.45) is 0 Å². The van der Waals surface area contributed by atoms with Crippen LogP contribution >= 0.6 is 0 Å². The third kappa shape index (κ3) is 3.02. The first-order chi connectivity index (χ1) is 8.28. The molecule has 0 unspecified atom stereocenters. The summed E-state index contributed by atoms with van der Waals surface area (Å²) < 4.78 is 18.0. The molecule has 1 aromatic heterocycles. The predicted octanol–water partition coefficient (Wildman–Crippen LogP) is 2.67. The number of nitriles is 1. The molecule has 0 bridgehead atoms. The topological polar surface area (TPSA) is 45.9 Å². The Balaban J connectivity index is 2.02. The molecule has 0 atom stereocenters. The van der Waals surface area contributed by atoms with Gasteiger partial charge < -0.3 is 4.74 Å². The van der Waals surface area contributed by atoms with Crippen molar-refractivity contribution in [2.75, 3.05) is 0 Å². The number of ether oxygens (including phenoxy) is 1. The van der Waals surface area contributed by atoms with Crippen LogP contribution in [0.25, 0.3) is 0 Å². The van der Waals surface area contributed by atoms with Crippen LogP contribution in [0.5, 0.6) is 5.88 Å². The first kappa shape index (κ1) is 11.1. The Hall–Kier alpha value is -2.41. The lowest BCUT2D eigenvalue weighted by Gasteiger charge is -2.05. The van der Waals surface area contributed by atoms with Gasteiger partial charge in [0, 0.05) is 6.07 Å². The molecule has 3 nitrogen and oxygen atoms in total. The Kier molecular flexibility index (Phi) is 3.31. The van der Waals surface area contributed by atoms with Crippen molar-refractivity contribution in [3.63, 3.8) is 0 Å². The van der Waals surface area contributed by atoms with E-state index in [1.807, 2.05) is 6.07 Å². The molecule has 0 fully saturated rings. The number of nitrogens with zero attached hydrogens (tertiary/aromatic N) is 2. The molecule has 0 saturated carbocycles. The fourth-order valence-electron chi connectivity index (χ4n) is 1.34. The highest BCUT2D eigenvalue weighted by Crippen LogP contribution is 2.10. The summed E-state index contributed by atoms with van der Waals surface area (Å²) in [5, 5.41) is 8.73. The summed E-state index contributed by atoms with van der Waals surface area (Å²) in [5.41, 5.74) is 1.45. The quantitative estimate of drug-likeness (QED) is 0.811. The molecule has 0 radical (unpaired) electrons. The van der Waals surface area contributed by atoms with Crippen molar-refractivity contribution in [1.29, 1.82) is 5.26 Å². The first-order valence-electron chi connectivity index (χ1n) is 5.01. The molecule has 0 aliphatic heterocycles. The highest BCUT2D eigenvalue weighted by molar-refractivity contribution is 5.32. The highest BCUT2D eigenvalue weighted by Gasteiger charge is 1.99. The van der Waals surface area contributed by atoms with E-state index in [2.05, 4.69) is 11.1 Å². The molecule has 0 spiro atoms. The second-order valence-corrected chi connectivity index (χ2v) is 3.42. The molecule has 2 rings (SSSR count). The average Bonchev–Trinajstić information content (AvgIpc) is 2.38. The second kappa shape index (κ2) is 5.08. The van der Waals surface area contributed by atoms with Gasteiger partial charge in [0.15, 0.2) is 0 Å². The number of pyridine rings is 1. The van der Waals surface area contributed by atoms with Gasteiger partial charge in [-0.15, -0.1) is 0 Å². The van der Waals surface area contributed by atoms with E-state index in [1.54, 1.807) is 18.2 Å². The first-order valence-corrected chi connectivity index (χ1v) is 5.01. The maximum atomic E-state index is 12.6. The maximum absolute atomic E-state index is 12.6. The summed E-state index contributed by atoms with van der Waals surface area (Å²) in [5.74, 6) is -0.0439. The van der Waals surface area contributed by atoms with Crippen LogP contribution in [0.15, 0.2) is 42.6 Å². The smallest absolute Gasteiger partial charge is 0.213 e. The third-order valence-electron chi connectivity index (χ3n) is 2.14. The Morgan fingerprint density at radius 1 is 1.29 bits per heavy atom. The fourth-order valence-corrected chi connectivity index (χ4v) is 1.34. The largest absolute Gasteiger partial charge is 0.473 e. The van der Waals surface area contributed by atoms with E-state index in [1.165, 1.54) is 12.1 Å². The van der Waals surface area contributed by atoms with Crippen LogP contribution in [-0.4, -0.2) is 4.98 Å². The van der Waals surface area contributed by atoms with E-state index < -0.39 is 5.82 Å². The molecule has 2 aromatic rings. The van der Waals surface area contributed by atoms with Crippen molar-refractivity contribution in [2.45, 2.75) is 6.61 Å². The monoisotopic (exact) mass is 228 g/mol. The molecule has 0 saturated heterocycles. The molecular formula is C13H9FN2O. The third-order valence-corrected chi connectivity index (χ3v) is 2.14. The van der Waals surface area contributed by atoms with Crippen LogP contribution in [0, 0.1) is 17.1 Å². The average molecular weight is 228 g/mol. The lowest BCUT2D eigenvalue weighted by atomic mass is 10.1. The molecule has 0 aliphatic carbocycles. The molecule has 0 aliphatic rings. The van der Waals surface area contributed by atoms with Gasteiger partial charge in [0.2, 0.25) is 5.88 Å². The molecule has 1 heterocycles. The predicted molar refractivity (Wildman–Crippen MR) is 59.7 cm³/mol. The Labute approximate surface area is 98.1 Å². The van der Waals surface area contributed by atoms with Crippen LogP contribution in [0.1, 0.15) is 11.1 Å². The Morgan fingerprint density at radius 3 is 2.88 bits per heavy atom. The lowest BCUT2D eigenvalue weighted by Crippen LogP contribution is -1.97. The van der Waals surface area contributed by atoms with Gasteiger partial charge in [-0.3, -0.25) is 0 Å². The number of aromatic nitrogens is 1. The summed E-state index contributed by atoms with van der Waals surface area (Å²) in [6.45, 7) is 0.300. The summed E-state index contributed by atoms with van der Waals surface area (Å²) in [4.78, 5) is 3.77. The van der Waals surface area contributed by atoms with E-state index in [9.17, 15) is 4.39 Å². The molecule has 84 valence electrons. The van der Waals surface area contributed by atoms with Gasteiger partial charge in [-0.05, 0) is 23.8 Å². The van der Waals surface area contributed by atoms with Crippen LogP contribution in [0.4, 0.5) is 4.39 Å². The number of hydrogen-bond donors (Lipinski definition) is 0. The van der Waals surface area contributed by atoms with Gasteiger partial charge >= 0.3 is 0 Å². The Bertz CT molecular complexity index is 546. The van der Waals surface area contributed by atoms with Crippen LogP contribution in [0.3, 0.4) is 0 Å². The molecule has 0 N–H and O–H groups in total. The number of hydrogen-bond acceptors (Lipinski definition) is 3. The molecule has 0 amide bonds. The summed E-state index contributed by atoms with van der Waals surface area (Å²) in [7, 11) is 0. The van der Waals surface area contributed by atoms with Crippen molar-refractivity contribution < 1.29 is 9.13 Å². The van der Waals surface area contributed by atoms with Gasteiger partial charge in [0.1, 0.15) is 12.4 Å². The summed E-state index contributed by atoms with van der Waals surface area (Å²) in [6.07, 6.45) is 1.10. The van der Waals surface area contributed by atoms with Gasteiger partial charge in [-0.25, -0.2) is 9.37 Å². The van der Waals surface area contributed by atoms with Crippen molar-refractivity contribution in [3.8, 4) is 11.9 Å². The van der Waals surface area contributed by atoms with E-state index in [0.29, 0.717) is 18.1 Å². The van der Waals surface area contributed by atoms with Gasteiger partial charge in [-0.1, -0.05) is 12.1 Å². The molecule has 1 aromatic carbocycles. The van der Waals surface area contributed by atoms with Crippen molar-refractivity contribution >= 4 is 0 Å². The van der Waals surface area contributed by atoms with Crippen LogP contribution in [-0.2, 0) is 6.61 Å². The minimum atomic E-state index is -0.399. The minimum absolute atomic E-state index is 0.300. The normalized spacial score (nSPS) is 9.65. The number of benzene rings is 1. The maximum Gasteiger partial charge on any atom is 0.213 e. The second-order valence-electron chi connectivity index (χ2n) is 3.42. The standard InChI is InChI=1S/C13H9FN2O/c14-12-4-5-13(16-8-12)17-9-11-3-1-2-10(6-11)7-15/h1-6,8H,9H2. The molecule has 17 heavy (non-hydrogen) atoms. The zero-order valence-corrected chi connectivity index (χ0v) is 8.93. The zero-order chi connectivity index (χ0) is 12.1. The lowest BCUT2D eigenvalue weighted by molar-refractivity contribution is 0.293. The SMILES string of the molecule is N#Cc1cccc(COc2ccc(F)cn2)c1. The van der Waals surface area contributed by atoms with E-state index in [0.717, 1.165) is 11.8 Å². The highest BCUT2D eigenvalue weighted by atomic mass is 19.1. The van der Waals surface area contributed by atoms with Crippen molar-refractivity contribution in [1.82, 2.24) is 4.98 Å². The van der Waals surface area contributed by atoms with Gasteiger partial charge in [-0.2, -0.15) is 5.26 Å². The van der Waals surface area contributed by atoms with Gasteiger partial charge in [0.05, 0.1) is 17.8 Å². The van der Waals surface area contributed by atoms with E-state index in [4.69, 9.17) is 10.00 Å². The Morgan fingerprint density at radius 2 is 2.18 bits per heavy atom.